The fraction of sp³-hybridized carbons (Fsp3) is 0.800. The summed E-state index contributed by atoms with van der Waals surface area (Å²) in [5.74, 6) is 0.178. The van der Waals surface area contributed by atoms with Crippen LogP contribution in [0, 0.1) is 0 Å². The van der Waals surface area contributed by atoms with Gasteiger partial charge in [0.15, 0.2) is 0 Å². The van der Waals surface area contributed by atoms with Crippen molar-refractivity contribution in [1.82, 2.24) is 5.32 Å². The summed E-state index contributed by atoms with van der Waals surface area (Å²) < 4.78 is 4.64. The lowest BCUT2D eigenvalue weighted by Gasteiger charge is -2.08. The number of cyclic esters (lactones) is 1. The summed E-state index contributed by atoms with van der Waals surface area (Å²) in [5.41, 5.74) is 0. The third-order valence-electron chi connectivity index (χ3n) is 2.19. The number of esters is 1. The van der Waals surface area contributed by atoms with E-state index in [1.165, 1.54) is 0 Å². The quantitative estimate of drug-likeness (QED) is 0.592. The minimum atomic E-state index is -0.0359. The van der Waals surface area contributed by atoms with E-state index in [2.05, 4.69) is 10.1 Å². The van der Waals surface area contributed by atoms with E-state index < -0.39 is 0 Å². The molecule has 2 aliphatic heterocycles. The first-order chi connectivity index (χ1) is 6.79. The summed E-state index contributed by atoms with van der Waals surface area (Å²) in [5, 5.41) is 2.74. The number of hydrogen-bond donors (Lipinski definition) is 1. The van der Waals surface area contributed by atoms with Gasteiger partial charge in [0, 0.05) is 19.4 Å². The SMILES string of the molecule is O=C1CCCCN1.O=C1CCCCO1. The van der Waals surface area contributed by atoms with E-state index in [1.54, 1.807) is 0 Å². The summed E-state index contributed by atoms with van der Waals surface area (Å²) in [6.07, 6.45) is 5.65. The molecule has 2 rings (SSSR count). The average Bonchev–Trinajstić information content (AvgIpc) is 2.21. The highest BCUT2D eigenvalue weighted by Gasteiger charge is 2.06. The molecule has 0 bridgehead atoms. The molecule has 4 heteroatoms. The van der Waals surface area contributed by atoms with Crippen LogP contribution in [-0.4, -0.2) is 25.0 Å². The minimum absolute atomic E-state index is 0.0359. The van der Waals surface area contributed by atoms with Gasteiger partial charge in [0.05, 0.1) is 6.61 Å². The Balaban J connectivity index is 0.000000140. The second-order valence-electron chi connectivity index (χ2n) is 3.48. The molecule has 1 amide bonds. The van der Waals surface area contributed by atoms with Crippen LogP contribution in [0.15, 0.2) is 0 Å². The molecule has 2 heterocycles. The van der Waals surface area contributed by atoms with Crippen LogP contribution in [-0.2, 0) is 14.3 Å². The van der Waals surface area contributed by atoms with Crippen LogP contribution in [0.2, 0.25) is 0 Å². The van der Waals surface area contributed by atoms with E-state index in [9.17, 15) is 9.59 Å². The molecule has 0 aliphatic carbocycles. The molecular weight excluding hydrogens is 182 g/mol. The number of carbonyl (C=O) groups excluding carboxylic acids is 2. The maximum atomic E-state index is 10.4. The number of nitrogens with one attached hydrogen (secondary N) is 1. The largest absolute Gasteiger partial charge is 0.466 e. The predicted octanol–water partition coefficient (Wildman–Crippen LogP) is 1.000. The van der Waals surface area contributed by atoms with Crippen LogP contribution < -0.4 is 5.32 Å². The smallest absolute Gasteiger partial charge is 0.305 e. The molecule has 2 saturated heterocycles. The van der Waals surface area contributed by atoms with Crippen LogP contribution >= 0.6 is 0 Å². The van der Waals surface area contributed by atoms with Crippen molar-refractivity contribution >= 4 is 11.9 Å². The Labute approximate surface area is 84.0 Å². The molecule has 4 nitrogen and oxygen atoms in total. The molecule has 0 aromatic heterocycles. The Kier molecular flexibility index (Phi) is 5.04. The normalized spacial score (nSPS) is 21.4. The van der Waals surface area contributed by atoms with Crippen LogP contribution in [0.4, 0.5) is 0 Å². The van der Waals surface area contributed by atoms with Crippen LogP contribution in [0.1, 0.15) is 38.5 Å². The molecule has 0 radical (unpaired) electrons. The molecule has 80 valence electrons. The van der Waals surface area contributed by atoms with Gasteiger partial charge in [0.25, 0.3) is 0 Å². The van der Waals surface area contributed by atoms with Crippen molar-refractivity contribution in [2.24, 2.45) is 0 Å². The van der Waals surface area contributed by atoms with E-state index in [1.807, 2.05) is 0 Å². The standard InChI is InChI=1S/C5H9NO.C5H8O2/c7-5-3-1-2-4-6-5;6-5-3-1-2-4-7-5/h1-4H2,(H,6,7);1-4H2. The first-order valence-corrected chi connectivity index (χ1v) is 5.21. The maximum Gasteiger partial charge on any atom is 0.305 e. The minimum Gasteiger partial charge on any atom is -0.466 e. The summed E-state index contributed by atoms with van der Waals surface area (Å²) in [6, 6.07) is 0. The Morgan fingerprint density at radius 3 is 2.07 bits per heavy atom. The Hall–Kier alpha value is -1.06. The number of carbonyl (C=O) groups is 2. The molecule has 14 heavy (non-hydrogen) atoms. The molecular formula is C10H17NO3. The highest BCUT2D eigenvalue weighted by Crippen LogP contribution is 2.04. The maximum absolute atomic E-state index is 10.4. The average molecular weight is 199 g/mol. The van der Waals surface area contributed by atoms with Gasteiger partial charge in [-0.05, 0) is 25.7 Å². The van der Waals surface area contributed by atoms with E-state index in [4.69, 9.17) is 0 Å². The molecule has 1 N–H and O–H groups in total. The lowest BCUT2D eigenvalue weighted by Crippen LogP contribution is -2.28. The van der Waals surface area contributed by atoms with Crippen molar-refractivity contribution in [3.63, 3.8) is 0 Å². The van der Waals surface area contributed by atoms with Gasteiger partial charge in [-0.2, -0.15) is 0 Å². The van der Waals surface area contributed by atoms with Crippen molar-refractivity contribution in [1.29, 1.82) is 0 Å². The second-order valence-corrected chi connectivity index (χ2v) is 3.48. The Morgan fingerprint density at radius 1 is 1.00 bits per heavy atom. The Morgan fingerprint density at radius 2 is 1.79 bits per heavy atom. The number of amides is 1. The lowest BCUT2D eigenvalue weighted by molar-refractivity contribution is -0.146. The third-order valence-corrected chi connectivity index (χ3v) is 2.19. The zero-order valence-electron chi connectivity index (χ0n) is 8.38. The van der Waals surface area contributed by atoms with Gasteiger partial charge in [-0.1, -0.05) is 0 Å². The number of piperidine rings is 1. The van der Waals surface area contributed by atoms with Gasteiger partial charge in [-0.3, -0.25) is 9.59 Å². The molecule has 0 atom stereocenters. The fourth-order valence-corrected chi connectivity index (χ4v) is 1.36. The number of ether oxygens (including phenoxy) is 1. The van der Waals surface area contributed by atoms with Gasteiger partial charge < -0.3 is 10.1 Å². The van der Waals surface area contributed by atoms with Gasteiger partial charge in [0.2, 0.25) is 5.91 Å². The summed E-state index contributed by atoms with van der Waals surface area (Å²) in [7, 11) is 0. The molecule has 0 unspecified atom stereocenters. The lowest BCUT2D eigenvalue weighted by atomic mass is 10.2. The van der Waals surface area contributed by atoms with Crippen molar-refractivity contribution < 1.29 is 14.3 Å². The zero-order valence-corrected chi connectivity index (χ0v) is 8.38. The van der Waals surface area contributed by atoms with Crippen molar-refractivity contribution in [3.8, 4) is 0 Å². The topological polar surface area (TPSA) is 55.4 Å². The van der Waals surface area contributed by atoms with Crippen LogP contribution in [0.3, 0.4) is 0 Å². The number of rotatable bonds is 0. The number of hydrogen-bond acceptors (Lipinski definition) is 3. The van der Waals surface area contributed by atoms with E-state index >= 15 is 0 Å². The van der Waals surface area contributed by atoms with E-state index in [0.717, 1.165) is 38.6 Å². The van der Waals surface area contributed by atoms with E-state index in [0.29, 0.717) is 13.0 Å². The molecule has 0 aromatic carbocycles. The molecule has 2 aliphatic rings. The van der Waals surface area contributed by atoms with Gasteiger partial charge in [-0.25, -0.2) is 0 Å². The van der Waals surface area contributed by atoms with Gasteiger partial charge >= 0.3 is 5.97 Å². The molecule has 0 spiro atoms. The van der Waals surface area contributed by atoms with Crippen LogP contribution in [0.25, 0.3) is 0 Å². The van der Waals surface area contributed by atoms with Crippen LogP contribution in [0.5, 0.6) is 0 Å². The van der Waals surface area contributed by atoms with Gasteiger partial charge in [0.1, 0.15) is 0 Å². The van der Waals surface area contributed by atoms with Gasteiger partial charge in [-0.15, -0.1) is 0 Å². The van der Waals surface area contributed by atoms with Crippen molar-refractivity contribution in [2.75, 3.05) is 13.2 Å². The fourth-order valence-electron chi connectivity index (χ4n) is 1.36. The molecule has 0 aromatic rings. The highest BCUT2D eigenvalue weighted by molar-refractivity contribution is 5.76. The zero-order chi connectivity index (χ0) is 10.2. The first-order valence-electron chi connectivity index (χ1n) is 5.21. The van der Waals surface area contributed by atoms with Crippen molar-refractivity contribution in [2.45, 2.75) is 38.5 Å². The molecule has 0 saturated carbocycles. The second kappa shape index (κ2) is 6.40. The predicted molar refractivity (Wildman–Crippen MR) is 51.7 cm³/mol. The summed E-state index contributed by atoms with van der Waals surface area (Å²) >= 11 is 0. The third kappa shape index (κ3) is 4.84. The highest BCUT2D eigenvalue weighted by atomic mass is 16.5. The van der Waals surface area contributed by atoms with E-state index in [-0.39, 0.29) is 11.9 Å². The Bertz CT molecular complexity index is 166. The summed E-state index contributed by atoms with van der Waals surface area (Å²) in [4.78, 5) is 20.6. The first kappa shape index (κ1) is 11.0. The summed E-state index contributed by atoms with van der Waals surface area (Å²) in [6.45, 7) is 1.53. The monoisotopic (exact) mass is 199 g/mol. The van der Waals surface area contributed by atoms with Crippen molar-refractivity contribution in [3.05, 3.63) is 0 Å². The molecule has 2 fully saturated rings.